The molecule has 0 aliphatic rings. The number of aryl methyl sites for hydroxylation is 1. The van der Waals surface area contributed by atoms with Gasteiger partial charge in [0, 0.05) is 20.8 Å². The summed E-state index contributed by atoms with van der Waals surface area (Å²) in [6.07, 6.45) is 0. The first-order chi connectivity index (χ1) is 10.0. The Balaban J connectivity index is 2.02. The summed E-state index contributed by atoms with van der Waals surface area (Å²) >= 11 is 5.34. The van der Waals surface area contributed by atoms with Crippen LogP contribution in [0.25, 0.3) is 0 Å². The van der Waals surface area contributed by atoms with Gasteiger partial charge in [-0.25, -0.2) is 0 Å². The molecule has 2 aromatic rings. The molecule has 2 aromatic carbocycles. The van der Waals surface area contributed by atoms with Gasteiger partial charge in [-0.1, -0.05) is 59.7 Å². The van der Waals surface area contributed by atoms with E-state index in [9.17, 15) is 0 Å². The van der Waals surface area contributed by atoms with Crippen LogP contribution in [-0.4, -0.2) is 6.54 Å². The highest BCUT2D eigenvalue weighted by Crippen LogP contribution is 2.32. The van der Waals surface area contributed by atoms with Crippen LogP contribution in [0.2, 0.25) is 0 Å². The summed E-state index contributed by atoms with van der Waals surface area (Å²) < 4.78 is 1.12. The summed E-state index contributed by atoms with van der Waals surface area (Å²) in [7, 11) is 0. The zero-order valence-electron chi connectivity index (χ0n) is 12.8. The molecule has 0 aliphatic carbocycles. The van der Waals surface area contributed by atoms with Gasteiger partial charge in [0.2, 0.25) is 0 Å². The Labute approximate surface area is 140 Å². The summed E-state index contributed by atoms with van der Waals surface area (Å²) in [5, 5.41) is 3.49. The van der Waals surface area contributed by atoms with E-state index in [1.54, 1.807) is 0 Å². The molecule has 0 aromatic heterocycles. The lowest BCUT2D eigenvalue weighted by molar-refractivity contribution is 0.552. The zero-order valence-corrected chi connectivity index (χ0v) is 15.2. The Hall–Kier alpha value is -0.770. The number of hydrogen-bond donors (Lipinski definition) is 1. The molecule has 0 spiro atoms. The molecule has 0 bridgehead atoms. The minimum absolute atomic E-state index is 0.692. The molecular weight excluding hydrogens is 342 g/mol. The molecule has 1 nitrogen and oxygen atoms in total. The molecule has 0 amide bonds. The van der Waals surface area contributed by atoms with E-state index in [0.717, 1.165) is 17.6 Å². The summed E-state index contributed by atoms with van der Waals surface area (Å²) in [6.45, 7) is 8.66. The maximum Gasteiger partial charge on any atom is 0.0205 e. The fourth-order valence-electron chi connectivity index (χ4n) is 2.10. The lowest BCUT2D eigenvalue weighted by Gasteiger charge is -2.11. The van der Waals surface area contributed by atoms with Crippen LogP contribution in [0.4, 0.5) is 0 Å². The summed E-state index contributed by atoms with van der Waals surface area (Å²) in [6, 6.07) is 15.2. The molecule has 3 heteroatoms. The Bertz CT molecular complexity index is 596. The summed E-state index contributed by atoms with van der Waals surface area (Å²) in [5.74, 6) is 0.692. The van der Waals surface area contributed by atoms with Crippen molar-refractivity contribution in [2.24, 2.45) is 5.92 Å². The maximum absolute atomic E-state index is 3.52. The smallest absolute Gasteiger partial charge is 0.0205 e. The summed E-state index contributed by atoms with van der Waals surface area (Å²) in [4.78, 5) is 2.58. The minimum Gasteiger partial charge on any atom is -0.312 e. The minimum atomic E-state index is 0.692. The van der Waals surface area contributed by atoms with E-state index in [-0.39, 0.29) is 0 Å². The van der Waals surface area contributed by atoms with E-state index in [4.69, 9.17) is 0 Å². The van der Waals surface area contributed by atoms with E-state index in [2.05, 4.69) is 84.5 Å². The van der Waals surface area contributed by atoms with Crippen LogP contribution in [0.5, 0.6) is 0 Å². The number of hydrogen-bond acceptors (Lipinski definition) is 2. The van der Waals surface area contributed by atoms with Gasteiger partial charge in [-0.05, 0) is 54.8 Å². The van der Waals surface area contributed by atoms with Gasteiger partial charge in [0.05, 0.1) is 0 Å². The normalized spacial score (nSPS) is 11.1. The van der Waals surface area contributed by atoms with Gasteiger partial charge in [0.15, 0.2) is 0 Å². The maximum atomic E-state index is 3.52. The van der Waals surface area contributed by atoms with Crippen molar-refractivity contribution in [1.29, 1.82) is 0 Å². The first-order valence-electron chi connectivity index (χ1n) is 7.28. The molecule has 112 valence electrons. The molecule has 0 aliphatic heterocycles. The van der Waals surface area contributed by atoms with Crippen LogP contribution in [-0.2, 0) is 6.54 Å². The van der Waals surface area contributed by atoms with Crippen LogP contribution in [0.1, 0.15) is 25.0 Å². The molecule has 0 saturated heterocycles. The lowest BCUT2D eigenvalue weighted by Crippen LogP contribution is -2.18. The number of rotatable bonds is 6. The van der Waals surface area contributed by atoms with E-state index >= 15 is 0 Å². The second-order valence-corrected chi connectivity index (χ2v) is 7.72. The average molecular weight is 364 g/mol. The van der Waals surface area contributed by atoms with Gasteiger partial charge in [-0.2, -0.15) is 0 Å². The topological polar surface area (TPSA) is 12.0 Å². The largest absolute Gasteiger partial charge is 0.312 e. The van der Waals surface area contributed by atoms with Crippen molar-refractivity contribution in [2.45, 2.75) is 37.1 Å². The Morgan fingerprint density at radius 3 is 2.62 bits per heavy atom. The molecule has 1 N–H and O–H groups in total. The fourth-order valence-corrected chi connectivity index (χ4v) is 3.59. The Morgan fingerprint density at radius 2 is 1.95 bits per heavy atom. The van der Waals surface area contributed by atoms with E-state index in [1.165, 1.54) is 20.9 Å². The molecule has 0 fully saturated rings. The predicted octanol–water partition coefficient (Wildman–Crippen LogP) is 5.65. The van der Waals surface area contributed by atoms with Crippen molar-refractivity contribution >= 4 is 27.7 Å². The Kier molecular flexibility index (Phi) is 6.34. The second kappa shape index (κ2) is 8.02. The predicted molar refractivity (Wildman–Crippen MR) is 96.0 cm³/mol. The highest BCUT2D eigenvalue weighted by molar-refractivity contribution is 9.10. The molecule has 0 unspecified atom stereocenters. The van der Waals surface area contributed by atoms with Crippen molar-refractivity contribution in [2.75, 3.05) is 6.54 Å². The summed E-state index contributed by atoms with van der Waals surface area (Å²) in [5.41, 5.74) is 2.69. The van der Waals surface area contributed by atoms with Gasteiger partial charge in [-0.15, -0.1) is 0 Å². The first kappa shape index (κ1) is 16.6. The van der Waals surface area contributed by atoms with Crippen molar-refractivity contribution < 1.29 is 0 Å². The van der Waals surface area contributed by atoms with Crippen LogP contribution in [0, 0.1) is 12.8 Å². The van der Waals surface area contributed by atoms with Gasteiger partial charge >= 0.3 is 0 Å². The third kappa shape index (κ3) is 5.50. The fraction of sp³-hybridized carbons (Fsp3) is 0.333. The molecule has 21 heavy (non-hydrogen) atoms. The van der Waals surface area contributed by atoms with Crippen LogP contribution in [0.15, 0.2) is 56.7 Å². The second-order valence-electron chi connectivity index (χ2n) is 5.68. The number of nitrogens with one attached hydrogen (secondary N) is 1. The SMILES string of the molecule is Cc1cc(CNCC(C)C)ccc1Sc1cccc(Br)c1. The number of benzene rings is 2. The standard InChI is InChI=1S/C18H22BrNS/c1-13(2)11-20-12-15-7-8-18(14(3)9-15)21-17-6-4-5-16(19)10-17/h4-10,13,20H,11-12H2,1-3H3. The van der Waals surface area contributed by atoms with Gasteiger partial charge in [-0.3, -0.25) is 0 Å². The molecular formula is C18H22BrNS. The highest BCUT2D eigenvalue weighted by Gasteiger charge is 2.04. The third-order valence-corrected chi connectivity index (χ3v) is 4.81. The monoisotopic (exact) mass is 363 g/mol. The van der Waals surface area contributed by atoms with Gasteiger partial charge in [0.25, 0.3) is 0 Å². The van der Waals surface area contributed by atoms with Crippen molar-refractivity contribution in [3.8, 4) is 0 Å². The molecule has 0 atom stereocenters. The molecule has 0 radical (unpaired) electrons. The Morgan fingerprint density at radius 1 is 1.14 bits per heavy atom. The van der Waals surface area contributed by atoms with Crippen molar-refractivity contribution in [1.82, 2.24) is 5.32 Å². The molecule has 0 saturated carbocycles. The average Bonchev–Trinajstić information content (AvgIpc) is 2.41. The van der Waals surface area contributed by atoms with Crippen LogP contribution >= 0.6 is 27.7 Å². The van der Waals surface area contributed by atoms with Crippen molar-refractivity contribution in [3.63, 3.8) is 0 Å². The van der Waals surface area contributed by atoms with Crippen molar-refractivity contribution in [3.05, 3.63) is 58.1 Å². The zero-order chi connectivity index (χ0) is 15.2. The van der Waals surface area contributed by atoms with Gasteiger partial charge in [0.1, 0.15) is 0 Å². The first-order valence-corrected chi connectivity index (χ1v) is 8.89. The van der Waals surface area contributed by atoms with Gasteiger partial charge < -0.3 is 5.32 Å². The third-order valence-electron chi connectivity index (χ3n) is 3.14. The van der Waals surface area contributed by atoms with E-state index in [0.29, 0.717) is 5.92 Å². The molecule has 2 rings (SSSR count). The quantitative estimate of drug-likeness (QED) is 0.710. The van der Waals surface area contributed by atoms with Crippen LogP contribution < -0.4 is 5.32 Å². The van der Waals surface area contributed by atoms with Crippen LogP contribution in [0.3, 0.4) is 0 Å². The van der Waals surface area contributed by atoms with E-state index < -0.39 is 0 Å². The number of halogens is 1. The lowest BCUT2D eigenvalue weighted by atomic mass is 10.1. The highest BCUT2D eigenvalue weighted by atomic mass is 79.9. The molecule has 0 heterocycles. The van der Waals surface area contributed by atoms with E-state index in [1.807, 2.05) is 11.8 Å².